The van der Waals surface area contributed by atoms with Crippen LogP contribution in [-0.4, -0.2) is 4.57 Å². The van der Waals surface area contributed by atoms with E-state index in [0.29, 0.717) is 10.9 Å². The summed E-state index contributed by atoms with van der Waals surface area (Å²) in [5, 5.41) is 0.428. The minimum Gasteiger partial charge on any atom is -0.314 e. The zero-order valence-electron chi connectivity index (χ0n) is 12.3. The molecule has 0 radical (unpaired) electrons. The molecule has 1 aromatic heterocycles. The van der Waals surface area contributed by atoms with Gasteiger partial charge in [-0.1, -0.05) is 24.3 Å². The summed E-state index contributed by atoms with van der Waals surface area (Å²) in [6, 6.07) is 12.2. The lowest BCUT2D eigenvalue weighted by molar-refractivity contribution is 0.463. The largest absolute Gasteiger partial charge is 0.314 e. The number of fused-ring (bicyclic) bond motifs is 1. The maximum absolute atomic E-state index is 15.0. The first-order valence-corrected chi connectivity index (χ1v) is 7.09. The second kappa shape index (κ2) is 5.37. The SMILES string of the molecule is CC(C)n1c(F)c(-c2cccc(F)c2)c(=O)c2ccccc21. The third kappa shape index (κ3) is 2.21. The molecule has 0 aliphatic heterocycles. The Hall–Kier alpha value is -2.49. The molecule has 0 aliphatic carbocycles. The van der Waals surface area contributed by atoms with Crippen molar-refractivity contribution in [3.63, 3.8) is 0 Å². The summed E-state index contributed by atoms with van der Waals surface area (Å²) in [5.41, 5.74) is 0.283. The summed E-state index contributed by atoms with van der Waals surface area (Å²) in [7, 11) is 0. The van der Waals surface area contributed by atoms with E-state index in [1.54, 1.807) is 30.3 Å². The van der Waals surface area contributed by atoms with Gasteiger partial charge in [0.05, 0.1) is 11.1 Å². The molecule has 0 saturated heterocycles. The maximum atomic E-state index is 15.0. The van der Waals surface area contributed by atoms with Crippen LogP contribution in [0.2, 0.25) is 0 Å². The molecule has 0 N–H and O–H groups in total. The van der Waals surface area contributed by atoms with Crippen molar-refractivity contribution in [1.29, 1.82) is 0 Å². The highest BCUT2D eigenvalue weighted by Crippen LogP contribution is 2.26. The molecule has 0 saturated carbocycles. The molecule has 0 bridgehead atoms. The summed E-state index contributed by atoms with van der Waals surface area (Å²) in [4.78, 5) is 12.7. The second-order valence-electron chi connectivity index (χ2n) is 5.49. The van der Waals surface area contributed by atoms with Gasteiger partial charge in [0.25, 0.3) is 0 Å². The van der Waals surface area contributed by atoms with E-state index in [1.807, 2.05) is 13.8 Å². The third-order valence-corrected chi connectivity index (χ3v) is 3.68. The van der Waals surface area contributed by atoms with Gasteiger partial charge in [-0.05, 0) is 43.7 Å². The van der Waals surface area contributed by atoms with Gasteiger partial charge in [0.15, 0.2) is 5.43 Å². The lowest BCUT2D eigenvalue weighted by Gasteiger charge is -2.18. The predicted octanol–water partition coefficient (Wildman–Crippen LogP) is 4.53. The van der Waals surface area contributed by atoms with E-state index in [9.17, 15) is 13.6 Å². The van der Waals surface area contributed by atoms with Crippen LogP contribution in [0.15, 0.2) is 53.3 Å². The van der Waals surface area contributed by atoms with Crippen LogP contribution in [0.4, 0.5) is 8.78 Å². The fourth-order valence-electron chi connectivity index (χ4n) is 2.73. The first-order valence-electron chi connectivity index (χ1n) is 7.09. The van der Waals surface area contributed by atoms with Gasteiger partial charge in [0.2, 0.25) is 5.95 Å². The van der Waals surface area contributed by atoms with Crippen LogP contribution in [0.5, 0.6) is 0 Å². The lowest BCUT2D eigenvalue weighted by Crippen LogP contribution is -2.18. The number of rotatable bonds is 2. The van der Waals surface area contributed by atoms with Crippen molar-refractivity contribution in [2.75, 3.05) is 0 Å². The smallest absolute Gasteiger partial charge is 0.206 e. The van der Waals surface area contributed by atoms with Crippen molar-refractivity contribution in [1.82, 2.24) is 4.57 Å². The fourth-order valence-corrected chi connectivity index (χ4v) is 2.73. The Balaban J connectivity index is 2.48. The quantitative estimate of drug-likeness (QED) is 0.637. The van der Waals surface area contributed by atoms with Crippen LogP contribution in [0.1, 0.15) is 19.9 Å². The van der Waals surface area contributed by atoms with Crippen LogP contribution in [-0.2, 0) is 0 Å². The fraction of sp³-hybridized carbons (Fsp3) is 0.167. The number of pyridine rings is 1. The van der Waals surface area contributed by atoms with E-state index >= 15 is 0 Å². The highest BCUT2D eigenvalue weighted by atomic mass is 19.1. The third-order valence-electron chi connectivity index (χ3n) is 3.68. The highest BCUT2D eigenvalue weighted by molar-refractivity contribution is 5.84. The molecule has 3 aromatic rings. The van der Waals surface area contributed by atoms with Crippen LogP contribution in [0.3, 0.4) is 0 Å². The zero-order chi connectivity index (χ0) is 15.9. The lowest BCUT2D eigenvalue weighted by atomic mass is 10.0. The molecule has 2 aromatic carbocycles. The van der Waals surface area contributed by atoms with E-state index in [4.69, 9.17) is 0 Å². The van der Waals surface area contributed by atoms with Gasteiger partial charge in [-0.15, -0.1) is 0 Å². The first-order chi connectivity index (χ1) is 10.5. The van der Waals surface area contributed by atoms with Gasteiger partial charge in [0.1, 0.15) is 5.82 Å². The molecule has 0 fully saturated rings. The van der Waals surface area contributed by atoms with Gasteiger partial charge in [-0.25, -0.2) is 4.39 Å². The molecule has 22 heavy (non-hydrogen) atoms. The van der Waals surface area contributed by atoms with Gasteiger partial charge in [-0.3, -0.25) is 4.79 Å². The number of aromatic nitrogens is 1. The molecule has 3 rings (SSSR count). The molecule has 0 amide bonds. The summed E-state index contributed by atoms with van der Waals surface area (Å²) >= 11 is 0. The molecular formula is C18H15F2NO. The Morgan fingerprint density at radius 2 is 1.73 bits per heavy atom. The summed E-state index contributed by atoms with van der Waals surface area (Å²) < 4.78 is 29.9. The van der Waals surface area contributed by atoms with Gasteiger partial charge in [0, 0.05) is 11.4 Å². The van der Waals surface area contributed by atoms with E-state index in [2.05, 4.69) is 0 Å². The van der Waals surface area contributed by atoms with E-state index in [1.165, 1.54) is 22.8 Å². The van der Waals surface area contributed by atoms with Crippen molar-refractivity contribution >= 4 is 10.9 Å². The average molecular weight is 299 g/mol. The monoisotopic (exact) mass is 299 g/mol. The van der Waals surface area contributed by atoms with Crippen molar-refractivity contribution in [2.45, 2.75) is 19.9 Å². The predicted molar refractivity (Wildman–Crippen MR) is 83.9 cm³/mol. The normalized spacial score (nSPS) is 11.3. The van der Waals surface area contributed by atoms with E-state index < -0.39 is 17.2 Å². The minimum atomic E-state index is -0.635. The Kier molecular flexibility index (Phi) is 3.53. The topological polar surface area (TPSA) is 22.0 Å². The molecule has 1 heterocycles. The number of nitrogens with zero attached hydrogens (tertiary/aromatic N) is 1. The standard InChI is InChI=1S/C18H15F2NO/c1-11(2)21-15-9-4-3-8-14(15)17(22)16(18(21)20)12-6-5-7-13(19)10-12/h3-11H,1-2H3. The average Bonchev–Trinajstić information content (AvgIpc) is 2.47. The van der Waals surface area contributed by atoms with Crippen molar-refractivity contribution in [2.24, 2.45) is 0 Å². The summed E-state index contributed by atoms with van der Waals surface area (Å²) in [6.07, 6.45) is 0. The molecule has 112 valence electrons. The number of hydrogen-bond acceptors (Lipinski definition) is 1. The van der Waals surface area contributed by atoms with Crippen molar-refractivity contribution in [3.05, 3.63) is 70.5 Å². The van der Waals surface area contributed by atoms with Crippen LogP contribution >= 0.6 is 0 Å². The molecule has 0 atom stereocenters. The first kappa shape index (κ1) is 14.4. The summed E-state index contributed by atoms with van der Waals surface area (Å²) in [6.45, 7) is 3.69. The molecule has 4 heteroatoms. The Bertz CT molecular complexity index is 913. The summed E-state index contributed by atoms with van der Waals surface area (Å²) in [5.74, 6) is -1.13. The Labute approximate surface area is 126 Å². The van der Waals surface area contributed by atoms with Crippen molar-refractivity contribution < 1.29 is 8.78 Å². The van der Waals surface area contributed by atoms with E-state index in [-0.39, 0.29) is 17.2 Å². The minimum absolute atomic E-state index is 0.0908. The van der Waals surface area contributed by atoms with Crippen LogP contribution in [0.25, 0.3) is 22.0 Å². The zero-order valence-corrected chi connectivity index (χ0v) is 12.3. The molecule has 0 unspecified atom stereocenters. The van der Waals surface area contributed by atoms with E-state index in [0.717, 1.165) is 0 Å². The van der Waals surface area contributed by atoms with Gasteiger partial charge in [-0.2, -0.15) is 4.39 Å². The maximum Gasteiger partial charge on any atom is 0.206 e. The van der Waals surface area contributed by atoms with Crippen molar-refractivity contribution in [3.8, 4) is 11.1 Å². The highest BCUT2D eigenvalue weighted by Gasteiger charge is 2.19. The molecule has 0 spiro atoms. The molecule has 2 nitrogen and oxygen atoms in total. The Morgan fingerprint density at radius 1 is 1.00 bits per heavy atom. The molecular weight excluding hydrogens is 284 g/mol. The van der Waals surface area contributed by atoms with Gasteiger partial charge < -0.3 is 4.57 Å². The number of hydrogen-bond donors (Lipinski definition) is 0. The number of halogens is 2. The van der Waals surface area contributed by atoms with Gasteiger partial charge >= 0.3 is 0 Å². The number of para-hydroxylation sites is 1. The number of benzene rings is 2. The second-order valence-corrected chi connectivity index (χ2v) is 5.49. The Morgan fingerprint density at radius 3 is 2.41 bits per heavy atom. The molecule has 0 aliphatic rings. The van der Waals surface area contributed by atoms with Crippen LogP contribution in [0, 0.1) is 11.8 Å². The van der Waals surface area contributed by atoms with Crippen LogP contribution < -0.4 is 5.43 Å².